The highest BCUT2D eigenvalue weighted by Crippen LogP contribution is 2.20. The van der Waals surface area contributed by atoms with Crippen LogP contribution < -0.4 is 0 Å². The summed E-state index contributed by atoms with van der Waals surface area (Å²) in [4.78, 5) is 32.9. The van der Waals surface area contributed by atoms with Gasteiger partial charge in [-0.3, -0.25) is 4.79 Å². The minimum Gasteiger partial charge on any atom is -0.465 e. The van der Waals surface area contributed by atoms with Crippen LogP contribution in [0.1, 0.15) is 24.2 Å². The maximum absolute atomic E-state index is 11.9. The normalized spacial score (nSPS) is 10.1. The van der Waals surface area contributed by atoms with E-state index in [2.05, 4.69) is 14.7 Å². The van der Waals surface area contributed by atoms with Crippen molar-refractivity contribution in [1.29, 1.82) is 0 Å². The summed E-state index contributed by atoms with van der Waals surface area (Å²) in [5, 5.41) is 0.461. The van der Waals surface area contributed by atoms with Gasteiger partial charge in [-0.25, -0.2) is 14.8 Å². The third-order valence-electron chi connectivity index (χ3n) is 2.53. The molecule has 0 aliphatic heterocycles. The molecule has 1 rings (SSSR count). The van der Waals surface area contributed by atoms with E-state index in [1.165, 1.54) is 31.4 Å². The monoisotopic (exact) mass is 283 g/mol. The SMILES string of the molecule is CCN(CC)C(=O)CSc1ncncc1C(=O)OC. The first-order chi connectivity index (χ1) is 9.13. The molecular formula is C12H17N3O3S. The molecule has 0 saturated heterocycles. The Bertz CT molecular complexity index is 450. The predicted molar refractivity (Wildman–Crippen MR) is 72.0 cm³/mol. The van der Waals surface area contributed by atoms with E-state index >= 15 is 0 Å². The fourth-order valence-corrected chi connectivity index (χ4v) is 2.34. The number of amides is 1. The second-order valence-electron chi connectivity index (χ2n) is 3.59. The van der Waals surface area contributed by atoms with Gasteiger partial charge >= 0.3 is 5.97 Å². The molecule has 0 aliphatic carbocycles. The summed E-state index contributed by atoms with van der Waals surface area (Å²) in [5.74, 6) is -0.245. The third-order valence-corrected chi connectivity index (χ3v) is 3.52. The van der Waals surface area contributed by atoms with Crippen LogP contribution in [-0.2, 0) is 9.53 Å². The van der Waals surface area contributed by atoms with Crippen LogP contribution in [0.15, 0.2) is 17.6 Å². The molecule has 0 radical (unpaired) electrons. The number of carbonyl (C=O) groups excluding carboxylic acids is 2. The molecule has 0 atom stereocenters. The molecule has 7 heteroatoms. The van der Waals surface area contributed by atoms with E-state index in [0.29, 0.717) is 18.1 Å². The number of nitrogens with zero attached hydrogens (tertiary/aromatic N) is 3. The number of aromatic nitrogens is 2. The lowest BCUT2D eigenvalue weighted by molar-refractivity contribution is -0.127. The average molecular weight is 283 g/mol. The van der Waals surface area contributed by atoms with E-state index in [4.69, 9.17) is 0 Å². The maximum Gasteiger partial charge on any atom is 0.342 e. The number of ether oxygens (including phenoxy) is 1. The topological polar surface area (TPSA) is 72.4 Å². The first-order valence-electron chi connectivity index (χ1n) is 5.92. The minimum atomic E-state index is -0.501. The van der Waals surface area contributed by atoms with Gasteiger partial charge in [-0.15, -0.1) is 0 Å². The third kappa shape index (κ3) is 4.20. The zero-order valence-electron chi connectivity index (χ0n) is 11.3. The molecule has 6 nitrogen and oxygen atoms in total. The van der Waals surface area contributed by atoms with Crippen molar-refractivity contribution in [2.45, 2.75) is 18.9 Å². The van der Waals surface area contributed by atoms with Crippen LogP contribution in [0.25, 0.3) is 0 Å². The Hall–Kier alpha value is -1.63. The van der Waals surface area contributed by atoms with Gasteiger partial charge in [0, 0.05) is 19.3 Å². The Morgan fingerprint density at radius 3 is 2.63 bits per heavy atom. The number of hydrogen-bond donors (Lipinski definition) is 0. The smallest absolute Gasteiger partial charge is 0.342 e. The Morgan fingerprint density at radius 1 is 1.37 bits per heavy atom. The van der Waals surface area contributed by atoms with Crippen LogP contribution in [0.3, 0.4) is 0 Å². The Labute approximate surface area is 116 Å². The van der Waals surface area contributed by atoms with Gasteiger partial charge in [0.2, 0.25) is 5.91 Å². The van der Waals surface area contributed by atoms with Crippen LogP contribution in [0.4, 0.5) is 0 Å². The maximum atomic E-state index is 11.9. The van der Waals surface area contributed by atoms with E-state index in [0.717, 1.165) is 0 Å². The van der Waals surface area contributed by atoms with Crippen LogP contribution >= 0.6 is 11.8 Å². The Balaban J connectivity index is 2.73. The molecule has 0 spiro atoms. The summed E-state index contributed by atoms with van der Waals surface area (Å²) in [7, 11) is 1.30. The van der Waals surface area contributed by atoms with Gasteiger partial charge in [0.05, 0.1) is 12.9 Å². The summed E-state index contributed by atoms with van der Waals surface area (Å²) in [6.07, 6.45) is 2.74. The molecule has 0 unspecified atom stereocenters. The molecule has 1 amide bonds. The van der Waals surface area contributed by atoms with Crippen molar-refractivity contribution in [3.63, 3.8) is 0 Å². The van der Waals surface area contributed by atoms with E-state index in [-0.39, 0.29) is 17.2 Å². The zero-order chi connectivity index (χ0) is 14.3. The summed E-state index contributed by atoms with van der Waals surface area (Å²) >= 11 is 1.21. The minimum absolute atomic E-state index is 0.0180. The molecule has 0 bridgehead atoms. The van der Waals surface area contributed by atoms with Crippen LogP contribution in [-0.4, -0.2) is 52.7 Å². The molecule has 19 heavy (non-hydrogen) atoms. The van der Waals surface area contributed by atoms with Crippen LogP contribution in [0.2, 0.25) is 0 Å². The lowest BCUT2D eigenvalue weighted by Crippen LogP contribution is -2.31. The lowest BCUT2D eigenvalue weighted by Gasteiger charge is -2.18. The van der Waals surface area contributed by atoms with Gasteiger partial charge in [-0.2, -0.15) is 0 Å². The van der Waals surface area contributed by atoms with Gasteiger partial charge in [0.25, 0.3) is 0 Å². The van der Waals surface area contributed by atoms with Crippen LogP contribution in [0.5, 0.6) is 0 Å². The zero-order valence-corrected chi connectivity index (χ0v) is 12.1. The van der Waals surface area contributed by atoms with Gasteiger partial charge in [-0.05, 0) is 13.8 Å². The fraction of sp³-hybridized carbons (Fsp3) is 0.500. The Morgan fingerprint density at radius 2 is 2.05 bits per heavy atom. The molecule has 1 heterocycles. The second kappa shape index (κ2) is 7.73. The first kappa shape index (κ1) is 15.4. The molecule has 104 valence electrons. The number of rotatable bonds is 6. The Kier molecular flexibility index (Phi) is 6.27. The van der Waals surface area contributed by atoms with Crippen molar-refractivity contribution >= 4 is 23.6 Å². The summed E-state index contributed by atoms with van der Waals surface area (Å²) in [6.45, 7) is 5.19. The fourth-order valence-electron chi connectivity index (χ4n) is 1.48. The average Bonchev–Trinajstić information content (AvgIpc) is 2.45. The molecule has 0 fully saturated rings. The van der Waals surface area contributed by atoms with Gasteiger partial charge in [-0.1, -0.05) is 11.8 Å². The van der Waals surface area contributed by atoms with E-state index in [1.54, 1.807) is 4.90 Å². The first-order valence-corrected chi connectivity index (χ1v) is 6.91. The largest absolute Gasteiger partial charge is 0.465 e. The van der Waals surface area contributed by atoms with Crippen LogP contribution in [0, 0.1) is 0 Å². The summed E-state index contributed by atoms with van der Waals surface area (Å²) in [5.41, 5.74) is 0.280. The summed E-state index contributed by atoms with van der Waals surface area (Å²) in [6, 6.07) is 0. The highest BCUT2D eigenvalue weighted by molar-refractivity contribution is 8.00. The van der Waals surface area contributed by atoms with Crippen molar-refractivity contribution in [3.8, 4) is 0 Å². The highest BCUT2D eigenvalue weighted by Gasteiger charge is 2.16. The second-order valence-corrected chi connectivity index (χ2v) is 4.55. The molecule has 0 N–H and O–H groups in total. The number of hydrogen-bond acceptors (Lipinski definition) is 6. The predicted octanol–water partition coefficient (Wildman–Crippen LogP) is 1.22. The quantitative estimate of drug-likeness (QED) is 0.444. The van der Waals surface area contributed by atoms with Crippen molar-refractivity contribution in [2.75, 3.05) is 26.0 Å². The number of methoxy groups -OCH3 is 1. The molecule has 1 aromatic heterocycles. The standard InChI is InChI=1S/C12H17N3O3S/c1-4-15(5-2)10(16)7-19-11-9(12(17)18-3)6-13-8-14-11/h6,8H,4-5,7H2,1-3H3. The number of thioether (sulfide) groups is 1. The highest BCUT2D eigenvalue weighted by atomic mass is 32.2. The van der Waals surface area contributed by atoms with E-state index in [1.807, 2.05) is 13.8 Å². The van der Waals surface area contributed by atoms with E-state index < -0.39 is 5.97 Å². The van der Waals surface area contributed by atoms with Gasteiger partial charge in [0.15, 0.2) is 0 Å². The number of carbonyl (C=O) groups is 2. The summed E-state index contributed by atoms with van der Waals surface area (Å²) < 4.78 is 4.65. The van der Waals surface area contributed by atoms with Crippen molar-refractivity contribution in [2.24, 2.45) is 0 Å². The molecule has 1 aromatic rings. The van der Waals surface area contributed by atoms with Gasteiger partial charge in [0.1, 0.15) is 16.9 Å². The lowest BCUT2D eigenvalue weighted by atomic mass is 10.3. The van der Waals surface area contributed by atoms with Crippen molar-refractivity contribution in [3.05, 3.63) is 18.1 Å². The van der Waals surface area contributed by atoms with Gasteiger partial charge < -0.3 is 9.64 Å². The molecule has 0 aromatic carbocycles. The molecular weight excluding hydrogens is 266 g/mol. The van der Waals surface area contributed by atoms with Crippen molar-refractivity contribution in [1.82, 2.24) is 14.9 Å². The molecule has 0 saturated carbocycles. The van der Waals surface area contributed by atoms with E-state index in [9.17, 15) is 9.59 Å². The van der Waals surface area contributed by atoms with Crippen molar-refractivity contribution < 1.29 is 14.3 Å². The number of esters is 1. The molecule has 0 aliphatic rings.